The molecule has 1 amide bonds. The average molecular weight is 372 g/mol. The van der Waals surface area contributed by atoms with Crippen LogP contribution in [-0.4, -0.2) is 24.2 Å². The molecular weight excluding hydrogens is 360 g/mol. The molecule has 126 valence electrons. The summed E-state index contributed by atoms with van der Waals surface area (Å²) >= 11 is 7.14. The number of anilines is 1. The molecule has 2 aromatic carbocycles. The van der Waals surface area contributed by atoms with Gasteiger partial charge in [-0.05, 0) is 24.3 Å². The molecule has 0 aliphatic carbocycles. The largest absolute Gasteiger partial charge is 0.455 e. The maximum absolute atomic E-state index is 13.0. The number of ether oxygens (including phenoxy) is 1. The lowest BCUT2D eigenvalue weighted by molar-refractivity contribution is -0.144. The Bertz CT molecular complexity index is 758. The first-order valence-electron chi connectivity index (χ1n) is 6.73. The molecule has 0 saturated heterocycles. The van der Waals surface area contributed by atoms with Crippen molar-refractivity contribution < 1.29 is 23.1 Å². The summed E-state index contributed by atoms with van der Waals surface area (Å²) in [6.45, 7) is -0.527. The SMILES string of the molecule is O=C(COC(=O)CSc1ccccc1Cl)Nc1ccc(F)c(F)c1. The summed E-state index contributed by atoms with van der Waals surface area (Å²) in [4.78, 5) is 23.9. The molecule has 0 aliphatic heterocycles. The summed E-state index contributed by atoms with van der Waals surface area (Å²) in [5.41, 5.74) is 0.0698. The molecular formula is C16H12ClF2NO3S. The van der Waals surface area contributed by atoms with E-state index in [-0.39, 0.29) is 11.4 Å². The van der Waals surface area contributed by atoms with E-state index < -0.39 is 30.1 Å². The molecule has 0 heterocycles. The van der Waals surface area contributed by atoms with Gasteiger partial charge < -0.3 is 10.1 Å². The number of halogens is 3. The highest BCUT2D eigenvalue weighted by molar-refractivity contribution is 8.00. The summed E-state index contributed by atoms with van der Waals surface area (Å²) in [5, 5.41) is 2.82. The summed E-state index contributed by atoms with van der Waals surface area (Å²) in [7, 11) is 0. The van der Waals surface area contributed by atoms with Gasteiger partial charge in [-0.1, -0.05) is 23.7 Å². The van der Waals surface area contributed by atoms with Crippen molar-refractivity contribution >= 4 is 40.9 Å². The molecule has 0 radical (unpaired) electrons. The lowest BCUT2D eigenvalue weighted by atomic mass is 10.3. The van der Waals surface area contributed by atoms with Crippen molar-refractivity contribution in [1.82, 2.24) is 0 Å². The molecule has 8 heteroatoms. The maximum atomic E-state index is 13.0. The third-order valence-electron chi connectivity index (χ3n) is 2.75. The second-order valence-corrected chi connectivity index (χ2v) is 5.98. The van der Waals surface area contributed by atoms with Crippen LogP contribution in [0.5, 0.6) is 0 Å². The van der Waals surface area contributed by atoms with E-state index in [0.717, 1.165) is 17.0 Å². The molecule has 0 atom stereocenters. The summed E-state index contributed by atoms with van der Waals surface area (Å²) in [5.74, 6) is -3.36. The first-order valence-corrected chi connectivity index (χ1v) is 8.10. The smallest absolute Gasteiger partial charge is 0.316 e. The fraction of sp³-hybridized carbons (Fsp3) is 0.125. The van der Waals surface area contributed by atoms with Gasteiger partial charge in [-0.3, -0.25) is 9.59 Å². The monoisotopic (exact) mass is 371 g/mol. The van der Waals surface area contributed by atoms with Crippen LogP contribution in [-0.2, 0) is 14.3 Å². The number of carbonyl (C=O) groups is 2. The Kier molecular flexibility index (Phi) is 6.57. The number of benzene rings is 2. The number of nitrogens with one attached hydrogen (secondary N) is 1. The van der Waals surface area contributed by atoms with Crippen LogP contribution < -0.4 is 5.32 Å². The van der Waals surface area contributed by atoms with Crippen LogP contribution in [0.3, 0.4) is 0 Å². The van der Waals surface area contributed by atoms with Crippen molar-refractivity contribution in [3.05, 3.63) is 59.1 Å². The highest BCUT2D eigenvalue weighted by Crippen LogP contribution is 2.26. The minimum absolute atomic E-state index is 0.0117. The van der Waals surface area contributed by atoms with Crippen LogP contribution in [0.25, 0.3) is 0 Å². The Morgan fingerprint density at radius 1 is 1.12 bits per heavy atom. The molecule has 0 saturated carbocycles. The number of esters is 1. The molecule has 0 aliphatic rings. The van der Waals surface area contributed by atoms with E-state index in [2.05, 4.69) is 5.32 Å². The standard InChI is InChI=1S/C16H12ClF2NO3S/c17-11-3-1-2-4-14(11)24-9-16(22)23-8-15(21)20-10-5-6-12(18)13(19)7-10/h1-7H,8-9H2,(H,20,21). The van der Waals surface area contributed by atoms with Crippen LogP contribution in [0, 0.1) is 11.6 Å². The Labute approximate surface area is 146 Å². The van der Waals surface area contributed by atoms with Crippen LogP contribution in [0.15, 0.2) is 47.4 Å². The molecule has 4 nitrogen and oxygen atoms in total. The molecule has 0 fully saturated rings. The van der Waals surface area contributed by atoms with Crippen LogP contribution in [0.2, 0.25) is 5.02 Å². The van der Waals surface area contributed by atoms with E-state index in [1.807, 2.05) is 0 Å². The number of amides is 1. The minimum atomic E-state index is -1.08. The van der Waals surface area contributed by atoms with Crippen molar-refractivity contribution in [3.63, 3.8) is 0 Å². The van der Waals surface area contributed by atoms with Crippen molar-refractivity contribution in [1.29, 1.82) is 0 Å². The number of hydrogen-bond donors (Lipinski definition) is 1. The third kappa shape index (κ3) is 5.50. The van der Waals surface area contributed by atoms with Gasteiger partial charge in [-0.2, -0.15) is 0 Å². The normalized spacial score (nSPS) is 10.3. The Hall–Kier alpha value is -2.12. The average Bonchev–Trinajstić information content (AvgIpc) is 2.55. The van der Waals surface area contributed by atoms with Gasteiger partial charge >= 0.3 is 5.97 Å². The van der Waals surface area contributed by atoms with Gasteiger partial charge in [0, 0.05) is 16.6 Å². The Balaban J connectivity index is 1.76. The topological polar surface area (TPSA) is 55.4 Å². The van der Waals surface area contributed by atoms with E-state index in [9.17, 15) is 18.4 Å². The molecule has 2 rings (SSSR count). The van der Waals surface area contributed by atoms with Crippen LogP contribution >= 0.6 is 23.4 Å². The fourth-order valence-electron chi connectivity index (χ4n) is 1.66. The first-order chi connectivity index (χ1) is 11.5. The van der Waals surface area contributed by atoms with Gasteiger partial charge in [0.1, 0.15) is 0 Å². The molecule has 0 bridgehead atoms. The summed E-state index contributed by atoms with van der Waals surface area (Å²) in [6, 6.07) is 9.94. The zero-order valence-electron chi connectivity index (χ0n) is 12.2. The second-order valence-electron chi connectivity index (χ2n) is 4.56. The van der Waals surface area contributed by atoms with E-state index in [1.54, 1.807) is 24.3 Å². The highest BCUT2D eigenvalue weighted by Gasteiger charge is 2.11. The van der Waals surface area contributed by atoms with Gasteiger partial charge in [0.05, 0.1) is 10.8 Å². The predicted molar refractivity (Wildman–Crippen MR) is 88.1 cm³/mol. The lowest BCUT2D eigenvalue weighted by Crippen LogP contribution is -2.21. The van der Waals surface area contributed by atoms with Crippen LogP contribution in [0.4, 0.5) is 14.5 Å². The van der Waals surface area contributed by atoms with E-state index >= 15 is 0 Å². The zero-order valence-corrected chi connectivity index (χ0v) is 13.8. The molecule has 0 spiro atoms. The van der Waals surface area contributed by atoms with Crippen molar-refractivity contribution in [2.75, 3.05) is 17.7 Å². The lowest BCUT2D eigenvalue weighted by Gasteiger charge is -2.07. The van der Waals surface area contributed by atoms with Crippen molar-refractivity contribution in [3.8, 4) is 0 Å². The number of rotatable bonds is 6. The molecule has 0 unspecified atom stereocenters. The van der Waals surface area contributed by atoms with Gasteiger partial charge in [0.2, 0.25) is 0 Å². The van der Waals surface area contributed by atoms with E-state index in [0.29, 0.717) is 5.02 Å². The van der Waals surface area contributed by atoms with E-state index in [1.165, 1.54) is 17.8 Å². The molecule has 2 aromatic rings. The van der Waals surface area contributed by atoms with E-state index in [4.69, 9.17) is 16.3 Å². The first kappa shape index (κ1) is 18.2. The number of carbonyl (C=O) groups excluding carboxylic acids is 2. The Morgan fingerprint density at radius 2 is 1.88 bits per heavy atom. The van der Waals surface area contributed by atoms with Crippen molar-refractivity contribution in [2.24, 2.45) is 0 Å². The molecule has 1 N–H and O–H groups in total. The van der Waals surface area contributed by atoms with Gasteiger partial charge in [-0.15, -0.1) is 11.8 Å². The third-order valence-corrected chi connectivity index (χ3v) is 4.24. The van der Waals surface area contributed by atoms with Crippen LogP contribution in [0.1, 0.15) is 0 Å². The number of thioether (sulfide) groups is 1. The zero-order chi connectivity index (χ0) is 17.5. The van der Waals surface area contributed by atoms with Crippen molar-refractivity contribution in [2.45, 2.75) is 4.90 Å². The number of hydrogen-bond acceptors (Lipinski definition) is 4. The van der Waals surface area contributed by atoms with Gasteiger partial charge in [-0.25, -0.2) is 8.78 Å². The molecule has 0 aromatic heterocycles. The predicted octanol–water partition coefficient (Wildman–Crippen LogP) is 3.89. The van der Waals surface area contributed by atoms with Gasteiger partial charge in [0.15, 0.2) is 18.2 Å². The minimum Gasteiger partial charge on any atom is -0.455 e. The molecule has 24 heavy (non-hydrogen) atoms. The van der Waals surface area contributed by atoms with Gasteiger partial charge in [0.25, 0.3) is 5.91 Å². The summed E-state index contributed by atoms with van der Waals surface area (Å²) < 4.78 is 30.6. The quantitative estimate of drug-likeness (QED) is 0.618. The second kappa shape index (κ2) is 8.65. The summed E-state index contributed by atoms with van der Waals surface area (Å²) in [6.07, 6.45) is 0. The Morgan fingerprint density at radius 3 is 2.58 bits per heavy atom. The fourth-order valence-corrected chi connectivity index (χ4v) is 2.69. The maximum Gasteiger partial charge on any atom is 0.316 e. The highest BCUT2D eigenvalue weighted by atomic mass is 35.5.